The van der Waals surface area contributed by atoms with Gasteiger partial charge in [-0.25, -0.2) is 8.42 Å². The van der Waals surface area contributed by atoms with Crippen molar-refractivity contribution >= 4 is 54.5 Å². The Morgan fingerprint density at radius 1 is 1.13 bits per heavy atom. The lowest BCUT2D eigenvalue weighted by molar-refractivity contribution is 0.600. The second-order valence-corrected chi connectivity index (χ2v) is 6.99. The Balaban J connectivity index is 3.35. The number of benzene rings is 1. The van der Waals surface area contributed by atoms with Crippen LogP contribution in [0.1, 0.15) is 17.7 Å². The Morgan fingerprint density at radius 3 is 2.13 bits per heavy atom. The minimum Gasteiger partial charge on any atom is -0.212 e. The van der Waals surface area contributed by atoms with Gasteiger partial charge in [-0.05, 0) is 18.6 Å². The molecule has 7 heteroatoms. The first-order chi connectivity index (χ1) is 6.75. The quantitative estimate of drug-likeness (QED) is 0.604. The molecule has 1 aromatic carbocycles. The van der Waals surface area contributed by atoms with Crippen molar-refractivity contribution in [2.75, 3.05) is 0 Å². The summed E-state index contributed by atoms with van der Waals surface area (Å²) in [6.07, 6.45) is 0. The van der Waals surface area contributed by atoms with E-state index in [9.17, 15) is 8.42 Å². The molecule has 0 heterocycles. The first-order valence-electron chi connectivity index (χ1n) is 3.82. The van der Waals surface area contributed by atoms with E-state index in [0.717, 1.165) is 0 Å². The third kappa shape index (κ3) is 2.92. The van der Waals surface area contributed by atoms with E-state index in [4.69, 9.17) is 45.5 Å². The zero-order chi connectivity index (χ0) is 11.8. The standard InChI is InChI=1S/C8H6Cl4O2S/c1-4(15(12,13)14)5-2-3-6(9)8(11)7(5)10/h2-4H,1H3. The van der Waals surface area contributed by atoms with Crippen LogP contribution < -0.4 is 0 Å². The molecule has 0 aliphatic heterocycles. The van der Waals surface area contributed by atoms with Crippen LogP contribution in [0.25, 0.3) is 0 Å². The molecule has 1 aromatic rings. The van der Waals surface area contributed by atoms with Gasteiger partial charge in [-0.15, -0.1) is 0 Å². The number of rotatable bonds is 2. The molecule has 0 spiro atoms. The summed E-state index contributed by atoms with van der Waals surface area (Å²) in [5, 5.41) is -0.421. The lowest BCUT2D eigenvalue weighted by Crippen LogP contribution is -2.03. The van der Waals surface area contributed by atoms with Gasteiger partial charge in [-0.3, -0.25) is 0 Å². The second-order valence-electron chi connectivity index (χ2n) is 2.88. The molecule has 84 valence electrons. The van der Waals surface area contributed by atoms with Crippen LogP contribution in [-0.2, 0) is 9.05 Å². The van der Waals surface area contributed by atoms with Gasteiger partial charge in [0.1, 0.15) is 0 Å². The molecule has 15 heavy (non-hydrogen) atoms. The summed E-state index contributed by atoms with van der Waals surface area (Å²) in [5.74, 6) is 0. The predicted octanol–water partition coefficient (Wildman–Crippen LogP) is 4.28. The molecular formula is C8H6Cl4O2S. The van der Waals surface area contributed by atoms with Crippen molar-refractivity contribution in [1.82, 2.24) is 0 Å². The van der Waals surface area contributed by atoms with Crippen molar-refractivity contribution in [3.63, 3.8) is 0 Å². The molecule has 1 atom stereocenters. The van der Waals surface area contributed by atoms with Crippen LogP contribution in [0.15, 0.2) is 12.1 Å². The average molecular weight is 308 g/mol. The first-order valence-corrected chi connectivity index (χ1v) is 7.32. The fourth-order valence-corrected chi connectivity index (χ4v) is 2.57. The number of halogens is 4. The molecule has 2 nitrogen and oxygen atoms in total. The predicted molar refractivity (Wildman–Crippen MR) is 64.7 cm³/mol. The summed E-state index contributed by atoms with van der Waals surface area (Å²) in [4.78, 5) is 0. The Labute approximate surface area is 108 Å². The van der Waals surface area contributed by atoms with Crippen molar-refractivity contribution in [2.24, 2.45) is 0 Å². The van der Waals surface area contributed by atoms with Crippen molar-refractivity contribution in [3.8, 4) is 0 Å². The molecule has 0 saturated heterocycles. The largest absolute Gasteiger partial charge is 0.239 e. The Morgan fingerprint density at radius 2 is 1.67 bits per heavy atom. The monoisotopic (exact) mass is 306 g/mol. The molecule has 1 rings (SSSR count). The summed E-state index contributed by atoms with van der Waals surface area (Å²) >= 11 is 17.3. The van der Waals surface area contributed by atoms with E-state index < -0.39 is 14.3 Å². The molecule has 0 aromatic heterocycles. The topological polar surface area (TPSA) is 34.1 Å². The highest BCUT2D eigenvalue weighted by molar-refractivity contribution is 8.13. The molecule has 0 radical (unpaired) electrons. The normalized spacial score (nSPS) is 13.9. The minimum atomic E-state index is -3.72. The van der Waals surface area contributed by atoms with Gasteiger partial charge in [0.25, 0.3) is 0 Å². The molecule has 0 fully saturated rings. The Kier molecular flexibility index (Phi) is 4.18. The van der Waals surface area contributed by atoms with Gasteiger partial charge in [-0.1, -0.05) is 40.9 Å². The van der Waals surface area contributed by atoms with Crippen LogP contribution in [0.4, 0.5) is 0 Å². The van der Waals surface area contributed by atoms with Crippen molar-refractivity contribution in [1.29, 1.82) is 0 Å². The van der Waals surface area contributed by atoms with Crippen molar-refractivity contribution in [2.45, 2.75) is 12.2 Å². The van der Waals surface area contributed by atoms with Gasteiger partial charge < -0.3 is 0 Å². The van der Waals surface area contributed by atoms with E-state index in [1.807, 2.05) is 0 Å². The summed E-state index contributed by atoms with van der Waals surface area (Å²) in [7, 11) is 1.50. The highest BCUT2D eigenvalue weighted by atomic mass is 35.7. The third-order valence-electron chi connectivity index (χ3n) is 1.93. The molecule has 0 aliphatic carbocycles. The van der Waals surface area contributed by atoms with Gasteiger partial charge in [0.2, 0.25) is 9.05 Å². The fourth-order valence-electron chi connectivity index (χ4n) is 1.01. The maximum absolute atomic E-state index is 11.1. The zero-order valence-electron chi connectivity index (χ0n) is 7.47. The second kappa shape index (κ2) is 4.68. The zero-order valence-corrected chi connectivity index (χ0v) is 11.3. The van der Waals surface area contributed by atoms with Gasteiger partial charge in [-0.2, -0.15) is 0 Å². The van der Waals surface area contributed by atoms with E-state index in [1.165, 1.54) is 19.1 Å². The van der Waals surface area contributed by atoms with Crippen LogP contribution in [-0.4, -0.2) is 8.42 Å². The Hall–Kier alpha value is 0.330. The maximum atomic E-state index is 11.1. The molecular weight excluding hydrogens is 302 g/mol. The molecule has 0 bridgehead atoms. The lowest BCUT2D eigenvalue weighted by atomic mass is 10.2. The van der Waals surface area contributed by atoms with Crippen LogP contribution in [0.2, 0.25) is 15.1 Å². The minimum absolute atomic E-state index is 0.112. The Bertz CT molecular complexity index is 484. The highest BCUT2D eigenvalue weighted by Crippen LogP contribution is 2.38. The van der Waals surface area contributed by atoms with Crippen LogP contribution in [0, 0.1) is 0 Å². The van der Waals surface area contributed by atoms with Crippen molar-refractivity contribution in [3.05, 3.63) is 32.8 Å². The van der Waals surface area contributed by atoms with Crippen LogP contribution in [0.3, 0.4) is 0 Å². The molecule has 1 unspecified atom stereocenters. The lowest BCUT2D eigenvalue weighted by Gasteiger charge is -2.11. The van der Waals surface area contributed by atoms with E-state index in [2.05, 4.69) is 0 Å². The number of hydrogen-bond acceptors (Lipinski definition) is 2. The smallest absolute Gasteiger partial charge is 0.212 e. The third-order valence-corrected chi connectivity index (χ3v) is 5.13. The summed E-state index contributed by atoms with van der Waals surface area (Å²) in [6, 6.07) is 2.96. The van der Waals surface area contributed by atoms with Crippen molar-refractivity contribution < 1.29 is 8.42 Å². The highest BCUT2D eigenvalue weighted by Gasteiger charge is 2.23. The van der Waals surface area contributed by atoms with Gasteiger partial charge in [0.05, 0.1) is 20.3 Å². The summed E-state index contributed by atoms with van der Waals surface area (Å²) < 4.78 is 22.2. The molecule has 0 N–H and O–H groups in total. The van der Waals surface area contributed by atoms with Gasteiger partial charge >= 0.3 is 0 Å². The van der Waals surface area contributed by atoms with Crippen LogP contribution >= 0.6 is 45.5 Å². The fraction of sp³-hybridized carbons (Fsp3) is 0.250. The van der Waals surface area contributed by atoms with E-state index in [1.54, 1.807) is 0 Å². The van der Waals surface area contributed by atoms with E-state index in [0.29, 0.717) is 5.56 Å². The SMILES string of the molecule is CC(c1ccc(Cl)c(Cl)c1Cl)S(=O)(=O)Cl. The average Bonchev–Trinajstić information content (AvgIpc) is 2.12. The summed E-state index contributed by atoms with van der Waals surface area (Å²) in [5.41, 5.74) is 0.334. The van der Waals surface area contributed by atoms with E-state index in [-0.39, 0.29) is 15.1 Å². The van der Waals surface area contributed by atoms with Crippen LogP contribution in [0.5, 0.6) is 0 Å². The molecule has 0 saturated carbocycles. The van der Waals surface area contributed by atoms with Gasteiger partial charge in [0.15, 0.2) is 0 Å². The van der Waals surface area contributed by atoms with E-state index >= 15 is 0 Å². The summed E-state index contributed by atoms with van der Waals surface area (Å²) in [6.45, 7) is 1.42. The number of hydrogen-bond donors (Lipinski definition) is 0. The van der Waals surface area contributed by atoms with Gasteiger partial charge in [0, 0.05) is 10.7 Å². The first kappa shape index (κ1) is 13.4. The molecule has 0 amide bonds. The molecule has 0 aliphatic rings. The maximum Gasteiger partial charge on any atom is 0.239 e.